The second kappa shape index (κ2) is 23.6. The monoisotopic (exact) mass is 853 g/mol. The van der Waals surface area contributed by atoms with Gasteiger partial charge in [-0.2, -0.15) is 0 Å². The highest BCUT2D eigenvalue weighted by atomic mass is 16.3. The summed E-state index contributed by atoms with van der Waals surface area (Å²) in [6.07, 6.45) is 3.92. The Morgan fingerprint density at radius 1 is 0.836 bits per heavy atom. The fraction of sp³-hybridized carbons (Fsp3) is 0.575. The van der Waals surface area contributed by atoms with E-state index in [0.717, 1.165) is 23.0 Å². The number of H-pyrrole nitrogens is 1. The second-order valence-electron chi connectivity index (χ2n) is 15.5. The normalized spacial score (nSPS) is 23.3. The minimum Gasteiger partial charge on any atom is -0.387 e. The molecule has 2 aliphatic heterocycles. The van der Waals surface area contributed by atoms with Crippen molar-refractivity contribution in [2.24, 2.45) is 5.73 Å². The summed E-state index contributed by atoms with van der Waals surface area (Å²) in [5.74, 6) is -6.74. The van der Waals surface area contributed by atoms with Crippen molar-refractivity contribution in [3.8, 4) is 0 Å². The van der Waals surface area contributed by atoms with Gasteiger partial charge < -0.3 is 62.8 Å². The van der Waals surface area contributed by atoms with Gasteiger partial charge in [0.2, 0.25) is 53.2 Å². The molecule has 21 heteroatoms. The minimum atomic E-state index is -1.55. The van der Waals surface area contributed by atoms with E-state index in [4.69, 9.17) is 5.73 Å². The number of para-hydroxylation sites is 1. The van der Waals surface area contributed by atoms with Gasteiger partial charge in [-0.05, 0) is 83.6 Å². The highest BCUT2D eigenvalue weighted by Crippen LogP contribution is 2.21. The van der Waals surface area contributed by atoms with Crippen molar-refractivity contribution in [1.82, 2.24) is 52.0 Å². The number of nitrogens with one attached hydrogen (secondary N) is 8. The number of carbonyl (C=O) groups excluding carboxylic acids is 9. The van der Waals surface area contributed by atoms with Gasteiger partial charge in [0.05, 0.1) is 19.5 Å². The van der Waals surface area contributed by atoms with Gasteiger partial charge in [0.15, 0.2) is 0 Å². The summed E-state index contributed by atoms with van der Waals surface area (Å²) in [6.45, 7) is -1.17. The van der Waals surface area contributed by atoms with E-state index in [1.165, 1.54) is 4.90 Å². The van der Waals surface area contributed by atoms with Crippen molar-refractivity contribution >= 4 is 64.1 Å². The Balaban J connectivity index is 1.59. The first-order chi connectivity index (χ1) is 29.2. The van der Waals surface area contributed by atoms with Crippen LogP contribution in [0.4, 0.5) is 0 Å². The lowest BCUT2D eigenvalue weighted by molar-refractivity contribution is -0.142. The summed E-state index contributed by atoms with van der Waals surface area (Å²) in [4.78, 5) is 125. The first-order valence-corrected chi connectivity index (χ1v) is 20.6. The summed E-state index contributed by atoms with van der Waals surface area (Å²) in [7, 11) is 3.82. The zero-order chi connectivity index (χ0) is 44.5. The SMILES string of the molecule is CN(C)CCCC[C@@H]1NC(=O)CNC(=O)CNC(=O)C[C@@H](C(=O)N2CCC[C@H]2C(N)=O)NC(=O)[C@@H](NC(=O)CO)CCCCNC(=O)[C@H](Cc2c[nH]c3ccccc23)NC1=O. The largest absolute Gasteiger partial charge is 0.387 e. The van der Waals surface area contributed by atoms with E-state index in [-0.39, 0.29) is 45.2 Å². The Hall–Kier alpha value is -6.09. The number of fused-ring (bicyclic) bond motifs is 1. The van der Waals surface area contributed by atoms with Crippen LogP contribution in [0.3, 0.4) is 0 Å². The lowest BCUT2D eigenvalue weighted by Crippen LogP contribution is -2.57. The topological polar surface area (TPSA) is 306 Å². The third kappa shape index (κ3) is 14.8. The fourth-order valence-corrected chi connectivity index (χ4v) is 7.29. The zero-order valence-corrected chi connectivity index (χ0v) is 34.7. The van der Waals surface area contributed by atoms with Crippen molar-refractivity contribution in [2.45, 2.75) is 94.4 Å². The molecule has 5 atom stereocenters. The second-order valence-corrected chi connectivity index (χ2v) is 15.5. The number of hydrogen-bond acceptors (Lipinski definition) is 11. The van der Waals surface area contributed by atoms with E-state index in [9.17, 15) is 48.3 Å². The average Bonchev–Trinajstić information content (AvgIpc) is 3.89. The summed E-state index contributed by atoms with van der Waals surface area (Å²) in [5, 5.41) is 28.3. The fourth-order valence-electron chi connectivity index (χ4n) is 7.29. The summed E-state index contributed by atoms with van der Waals surface area (Å²) >= 11 is 0. The van der Waals surface area contributed by atoms with Crippen LogP contribution in [0, 0.1) is 0 Å². The Labute approximate surface area is 353 Å². The number of likely N-dealkylation sites (tertiary alicyclic amines) is 1. The van der Waals surface area contributed by atoms with Crippen molar-refractivity contribution < 1.29 is 48.3 Å². The lowest BCUT2D eigenvalue weighted by atomic mass is 10.0. The number of carbonyl (C=O) groups is 9. The molecule has 0 aliphatic carbocycles. The summed E-state index contributed by atoms with van der Waals surface area (Å²) in [6, 6.07) is 1.51. The van der Waals surface area contributed by atoms with Gasteiger partial charge in [0.25, 0.3) is 0 Å². The number of nitrogens with zero attached hydrogens (tertiary/aromatic N) is 2. The van der Waals surface area contributed by atoms with Gasteiger partial charge in [-0.25, -0.2) is 0 Å². The molecule has 2 fully saturated rings. The van der Waals surface area contributed by atoms with E-state index >= 15 is 0 Å². The molecule has 1 aromatic carbocycles. The highest BCUT2D eigenvalue weighted by molar-refractivity contribution is 5.98. The number of hydrogen-bond donors (Lipinski definition) is 10. The first-order valence-electron chi connectivity index (χ1n) is 20.6. The number of unbranched alkanes of at least 4 members (excludes halogenated alkanes) is 1. The van der Waals surface area contributed by atoms with Crippen LogP contribution in [0.5, 0.6) is 0 Å². The molecule has 11 N–H and O–H groups in total. The molecule has 0 saturated carbocycles. The number of aliphatic hydroxyl groups is 1. The summed E-state index contributed by atoms with van der Waals surface area (Å²) in [5.41, 5.74) is 7.12. The predicted octanol–water partition coefficient (Wildman–Crippen LogP) is -3.23. The molecule has 0 spiro atoms. The molecule has 9 amide bonds. The number of amides is 9. The van der Waals surface area contributed by atoms with Crippen LogP contribution >= 0.6 is 0 Å². The van der Waals surface area contributed by atoms with Crippen LogP contribution in [0.15, 0.2) is 30.5 Å². The molecule has 21 nitrogen and oxygen atoms in total. The predicted molar refractivity (Wildman–Crippen MR) is 221 cm³/mol. The van der Waals surface area contributed by atoms with Gasteiger partial charge in [-0.15, -0.1) is 0 Å². The molecule has 2 saturated heterocycles. The molecule has 0 bridgehead atoms. The number of primary amides is 1. The first kappa shape index (κ1) is 47.6. The van der Waals surface area contributed by atoms with Gasteiger partial charge in [0, 0.05) is 36.6 Å². The molecular weight excluding hydrogens is 795 g/mol. The number of aliphatic hydroxyl groups excluding tert-OH is 1. The molecule has 61 heavy (non-hydrogen) atoms. The molecule has 0 radical (unpaired) electrons. The van der Waals surface area contributed by atoms with Gasteiger partial charge >= 0.3 is 0 Å². The maximum absolute atomic E-state index is 13.9. The van der Waals surface area contributed by atoms with E-state index in [0.29, 0.717) is 25.7 Å². The van der Waals surface area contributed by atoms with Crippen LogP contribution in [0.1, 0.15) is 63.4 Å². The smallest absolute Gasteiger partial charge is 0.246 e. The minimum absolute atomic E-state index is 0.0148. The Morgan fingerprint density at radius 3 is 2.31 bits per heavy atom. The van der Waals surface area contributed by atoms with Crippen molar-refractivity contribution in [3.05, 3.63) is 36.0 Å². The highest BCUT2D eigenvalue weighted by Gasteiger charge is 2.38. The third-order valence-electron chi connectivity index (χ3n) is 10.5. The van der Waals surface area contributed by atoms with Crippen molar-refractivity contribution in [3.63, 3.8) is 0 Å². The molecule has 0 unspecified atom stereocenters. The van der Waals surface area contributed by atoms with Gasteiger partial charge in [-0.1, -0.05) is 18.2 Å². The average molecular weight is 854 g/mol. The summed E-state index contributed by atoms with van der Waals surface area (Å²) < 4.78 is 0. The van der Waals surface area contributed by atoms with Crippen LogP contribution in [0.25, 0.3) is 10.9 Å². The molecule has 334 valence electrons. The maximum atomic E-state index is 13.9. The van der Waals surface area contributed by atoms with E-state index in [2.05, 4.69) is 42.2 Å². The van der Waals surface area contributed by atoms with Crippen molar-refractivity contribution in [1.29, 1.82) is 0 Å². The number of nitrogens with two attached hydrogens (primary N) is 1. The Bertz CT molecular complexity index is 1900. The van der Waals surface area contributed by atoms with Crippen LogP contribution in [-0.4, -0.2) is 157 Å². The zero-order valence-electron chi connectivity index (χ0n) is 34.7. The van der Waals surface area contributed by atoms with Crippen LogP contribution in [-0.2, 0) is 49.6 Å². The maximum Gasteiger partial charge on any atom is 0.246 e. The Kier molecular flexibility index (Phi) is 18.4. The Morgan fingerprint density at radius 2 is 1.57 bits per heavy atom. The van der Waals surface area contributed by atoms with E-state index in [1.807, 2.05) is 43.3 Å². The molecular formula is C40H59N11O10. The molecule has 3 heterocycles. The lowest BCUT2D eigenvalue weighted by Gasteiger charge is -2.29. The van der Waals surface area contributed by atoms with Gasteiger partial charge in [-0.3, -0.25) is 43.2 Å². The third-order valence-corrected chi connectivity index (χ3v) is 10.5. The van der Waals surface area contributed by atoms with Gasteiger partial charge in [0.1, 0.15) is 36.8 Å². The van der Waals surface area contributed by atoms with E-state index < -0.39 is 109 Å². The molecule has 2 aliphatic rings. The number of aromatic amines is 1. The number of benzene rings is 1. The van der Waals surface area contributed by atoms with E-state index in [1.54, 1.807) is 6.20 Å². The molecule has 4 rings (SSSR count). The van der Waals surface area contributed by atoms with Crippen LogP contribution < -0.4 is 43.0 Å². The molecule has 1 aromatic heterocycles. The van der Waals surface area contributed by atoms with Crippen molar-refractivity contribution in [2.75, 3.05) is 53.4 Å². The number of aromatic nitrogens is 1. The number of rotatable bonds is 11. The standard InChI is InChI=1S/C40H59N11O10/c1-50(2)16-8-6-13-27-38(59)48-29(18-24-20-43-26-11-4-3-10-25(24)26)37(58)42-15-7-5-12-28(47-35(56)23-52)39(60)49-30(40(61)51-17-9-14-31(51)36(41)57)19-32(53)44-21-33(54)45-22-34(55)46-27/h3-4,10-11,20,27-31,43,52H,5-9,12-19,21-23H2,1-2H3,(H2,41,57)(H,42,58)(H,44,53)(H,45,54)(H,46,55)(H,47,56)(H,48,59)(H,49,60)/t27-,28-,29-,30-,31-/m0/s1. The van der Waals surface area contributed by atoms with Crippen LogP contribution in [0.2, 0.25) is 0 Å². The quantitative estimate of drug-likeness (QED) is 0.100. The molecule has 2 aromatic rings.